The molecule has 1 aliphatic rings. The zero-order chi connectivity index (χ0) is 22.5. The summed E-state index contributed by atoms with van der Waals surface area (Å²) in [5.41, 5.74) is 2.82. The van der Waals surface area contributed by atoms with Crippen LogP contribution in [0.5, 0.6) is 0 Å². The highest BCUT2D eigenvalue weighted by Crippen LogP contribution is 2.27. The third-order valence-electron chi connectivity index (χ3n) is 6.05. The minimum absolute atomic E-state index is 0.0259. The number of hydrogen-bond donors (Lipinski definition) is 1. The lowest BCUT2D eigenvalue weighted by Crippen LogP contribution is -2.39. The highest BCUT2D eigenvalue weighted by Gasteiger charge is 2.28. The first-order valence-electron chi connectivity index (χ1n) is 11.2. The summed E-state index contributed by atoms with van der Waals surface area (Å²) in [7, 11) is 1.93. The normalized spacial score (nSPS) is 14.1. The molecule has 9 nitrogen and oxygen atoms in total. The van der Waals surface area contributed by atoms with E-state index in [4.69, 9.17) is 9.40 Å². The molecule has 3 aromatic heterocycles. The fraction of sp³-hybridized carbons (Fsp3) is 0.478. The van der Waals surface area contributed by atoms with Crippen molar-refractivity contribution < 1.29 is 9.15 Å². The molecule has 0 spiro atoms. The number of fused-ring (bicyclic) bond motifs is 1. The Labute approximate surface area is 187 Å². The minimum atomic E-state index is -0.0653. The monoisotopic (exact) mass is 438 g/mol. The predicted molar refractivity (Wildman–Crippen MR) is 119 cm³/mol. The Morgan fingerprint density at radius 2 is 2.16 bits per heavy atom. The quantitative estimate of drug-likeness (QED) is 0.379. The van der Waals surface area contributed by atoms with Gasteiger partial charge in [-0.3, -0.25) is 14.3 Å². The van der Waals surface area contributed by atoms with Gasteiger partial charge in [-0.25, -0.2) is 9.97 Å². The van der Waals surface area contributed by atoms with Gasteiger partial charge in [0, 0.05) is 37.3 Å². The number of pyridine rings is 1. The third kappa shape index (κ3) is 4.73. The van der Waals surface area contributed by atoms with E-state index in [0.717, 1.165) is 66.1 Å². The van der Waals surface area contributed by atoms with Gasteiger partial charge >= 0.3 is 0 Å². The summed E-state index contributed by atoms with van der Waals surface area (Å²) in [6.45, 7) is 4.65. The molecular formula is C23H30N6O3. The maximum Gasteiger partial charge on any atom is 0.257 e. The summed E-state index contributed by atoms with van der Waals surface area (Å²) in [6, 6.07) is 3.61. The Balaban J connectivity index is 1.75. The molecular weight excluding hydrogens is 408 g/mol. The van der Waals surface area contributed by atoms with Crippen LogP contribution in [0.25, 0.3) is 0 Å². The standard InChI is InChI=1S/C23H30N6O3/c1-3-21(27(12-9-24-2)14-17-7-10-28(31)11-8-17)22-26-20-6-4-5-19(20)23(30)29(22)15-18-13-25-16-32-18/h7-8,10-11,13,16,21,24H,3-6,9,12,14-15H2,1-2H3. The zero-order valence-electron chi connectivity index (χ0n) is 18.7. The van der Waals surface area contributed by atoms with Crippen molar-refractivity contribution in [1.29, 1.82) is 0 Å². The molecule has 1 N–H and O–H groups in total. The molecule has 0 radical (unpaired) electrons. The van der Waals surface area contributed by atoms with Crippen molar-refractivity contribution in [2.24, 2.45) is 0 Å². The Hall–Kier alpha value is -3.04. The van der Waals surface area contributed by atoms with Gasteiger partial charge in [-0.1, -0.05) is 6.92 Å². The van der Waals surface area contributed by atoms with Gasteiger partial charge < -0.3 is 14.9 Å². The van der Waals surface area contributed by atoms with E-state index < -0.39 is 0 Å². The average molecular weight is 439 g/mol. The van der Waals surface area contributed by atoms with Crippen LogP contribution in [0.3, 0.4) is 0 Å². The van der Waals surface area contributed by atoms with Crippen LogP contribution in [-0.4, -0.2) is 39.6 Å². The summed E-state index contributed by atoms with van der Waals surface area (Å²) in [4.78, 5) is 24.8. The summed E-state index contributed by atoms with van der Waals surface area (Å²) < 4.78 is 8.01. The fourth-order valence-electron chi connectivity index (χ4n) is 4.42. The van der Waals surface area contributed by atoms with Crippen molar-refractivity contribution in [1.82, 2.24) is 24.8 Å². The molecule has 1 atom stereocenters. The Morgan fingerprint density at radius 3 is 2.84 bits per heavy atom. The van der Waals surface area contributed by atoms with Gasteiger partial charge in [0.25, 0.3) is 5.56 Å². The van der Waals surface area contributed by atoms with E-state index in [-0.39, 0.29) is 11.6 Å². The maximum absolute atomic E-state index is 13.5. The SMILES string of the molecule is CCC(c1nc2c(c(=O)n1Cc1cnco1)CCC2)N(CCNC)Cc1cc[n+]([O-])cc1. The largest absolute Gasteiger partial charge is 0.619 e. The molecule has 0 fully saturated rings. The minimum Gasteiger partial charge on any atom is -0.619 e. The van der Waals surface area contributed by atoms with Crippen molar-refractivity contribution in [3.63, 3.8) is 0 Å². The summed E-state index contributed by atoms with van der Waals surface area (Å²) in [5.74, 6) is 1.40. The first-order valence-corrected chi connectivity index (χ1v) is 11.2. The molecule has 3 aromatic rings. The number of rotatable bonds is 10. The van der Waals surface area contributed by atoms with Crippen molar-refractivity contribution in [3.8, 4) is 0 Å². The Morgan fingerprint density at radius 1 is 1.34 bits per heavy atom. The molecule has 170 valence electrons. The number of hydrogen-bond acceptors (Lipinski definition) is 7. The van der Waals surface area contributed by atoms with Crippen LogP contribution in [0, 0.1) is 5.21 Å². The molecule has 9 heteroatoms. The summed E-state index contributed by atoms with van der Waals surface area (Å²) in [6.07, 6.45) is 9.43. The van der Waals surface area contributed by atoms with Crippen LogP contribution >= 0.6 is 0 Å². The highest BCUT2D eigenvalue weighted by molar-refractivity contribution is 5.25. The molecule has 0 saturated carbocycles. The van der Waals surface area contributed by atoms with Gasteiger partial charge in [0.05, 0.1) is 24.5 Å². The smallest absolute Gasteiger partial charge is 0.257 e. The summed E-state index contributed by atoms with van der Waals surface area (Å²) >= 11 is 0. The summed E-state index contributed by atoms with van der Waals surface area (Å²) in [5, 5.41) is 14.7. The number of nitrogens with one attached hydrogen (secondary N) is 1. The van der Waals surface area contributed by atoms with Gasteiger partial charge in [-0.15, -0.1) is 0 Å². The second-order valence-electron chi connectivity index (χ2n) is 8.17. The lowest BCUT2D eigenvalue weighted by molar-refractivity contribution is -0.605. The Bertz CT molecular complexity index is 1080. The number of aromatic nitrogens is 4. The Kier molecular flexibility index (Phi) is 6.96. The number of nitrogens with zero attached hydrogens (tertiary/aromatic N) is 5. The van der Waals surface area contributed by atoms with E-state index >= 15 is 0 Å². The molecule has 0 aliphatic heterocycles. The van der Waals surface area contributed by atoms with Gasteiger partial charge in [0.2, 0.25) is 0 Å². The first-order chi connectivity index (χ1) is 15.6. The van der Waals surface area contributed by atoms with Crippen LogP contribution in [-0.2, 0) is 25.9 Å². The van der Waals surface area contributed by atoms with Crippen molar-refractivity contribution in [3.05, 3.63) is 81.1 Å². The first kappa shape index (κ1) is 22.2. The van der Waals surface area contributed by atoms with Crippen molar-refractivity contribution in [2.45, 2.75) is 51.7 Å². The molecule has 1 unspecified atom stereocenters. The van der Waals surface area contributed by atoms with Gasteiger partial charge in [-0.05, 0) is 38.3 Å². The molecule has 0 saturated heterocycles. The molecule has 1 aliphatic carbocycles. The number of likely N-dealkylation sites (N-methyl/N-ethyl adjacent to an activating group) is 1. The molecule has 0 amide bonds. The van der Waals surface area contributed by atoms with Crippen molar-refractivity contribution in [2.75, 3.05) is 20.1 Å². The van der Waals surface area contributed by atoms with Gasteiger partial charge in [0.1, 0.15) is 11.6 Å². The van der Waals surface area contributed by atoms with E-state index in [2.05, 4.69) is 22.1 Å². The van der Waals surface area contributed by atoms with Crippen LogP contribution in [0.15, 0.2) is 46.3 Å². The molecule has 3 heterocycles. The van der Waals surface area contributed by atoms with Crippen LogP contribution in [0.2, 0.25) is 0 Å². The number of aryl methyl sites for hydroxylation is 1. The lowest BCUT2D eigenvalue weighted by Gasteiger charge is -2.32. The van der Waals surface area contributed by atoms with Gasteiger partial charge in [0.15, 0.2) is 18.8 Å². The van der Waals surface area contributed by atoms with E-state index in [1.807, 2.05) is 19.2 Å². The second kappa shape index (κ2) is 10.1. The van der Waals surface area contributed by atoms with E-state index in [0.29, 0.717) is 18.8 Å². The number of oxazole rings is 1. The fourth-order valence-corrected chi connectivity index (χ4v) is 4.42. The van der Waals surface area contributed by atoms with Crippen LogP contribution in [0.4, 0.5) is 0 Å². The predicted octanol–water partition coefficient (Wildman–Crippen LogP) is 1.57. The van der Waals surface area contributed by atoms with E-state index in [1.54, 1.807) is 10.8 Å². The molecule has 0 bridgehead atoms. The maximum atomic E-state index is 13.5. The zero-order valence-corrected chi connectivity index (χ0v) is 18.7. The lowest BCUT2D eigenvalue weighted by atomic mass is 10.1. The molecule has 4 rings (SSSR count). The molecule has 32 heavy (non-hydrogen) atoms. The second-order valence-corrected chi connectivity index (χ2v) is 8.17. The van der Waals surface area contributed by atoms with Gasteiger partial charge in [-0.2, -0.15) is 4.73 Å². The van der Waals surface area contributed by atoms with E-state index in [9.17, 15) is 10.0 Å². The third-order valence-corrected chi connectivity index (χ3v) is 6.05. The van der Waals surface area contributed by atoms with E-state index in [1.165, 1.54) is 18.8 Å². The molecule has 0 aromatic carbocycles. The van der Waals surface area contributed by atoms with Crippen LogP contribution in [0.1, 0.15) is 54.2 Å². The topological polar surface area (TPSA) is 103 Å². The van der Waals surface area contributed by atoms with Crippen molar-refractivity contribution >= 4 is 0 Å². The van der Waals surface area contributed by atoms with Crippen LogP contribution < -0.4 is 15.6 Å². The average Bonchev–Trinajstić information content (AvgIpc) is 3.48. The highest BCUT2D eigenvalue weighted by atomic mass is 16.5.